The molecule has 2 amide bonds. The normalized spacial score (nSPS) is 17.4. The number of carbonyl (C=O) groups excluding carboxylic acids is 2. The van der Waals surface area contributed by atoms with E-state index in [0.717, 1.165) is 16.7 Å². The predicted molar refractivity (Wildman–Crippen MR) is 76.1 cm³/mol. The number of imide groups is 1. The molecule has 0 aliphatic carbocycles. The van der Waals surface area contributed by atoms with E-state index in [-0.39, 0.29) is 16.9 Å². The van der Waals surface area contributed by atoms with Crippen LogP contribution < -0.4 is 4.74 Å². The Hall–Kier alpha value is -1.47. The van der Waals surface area contributed by atoms with Crippen LogP contribution in [0.5, 0.6) is 11.5 Å². The van der Waals surface area contributed by atoms with Crippen LogP contribution in [-0.4, -0.2) is 35.3 Å². The van der Waals surface area contributed by atoms with Crippen LogP contribution in [0, 0.1) is 0 Å². The van der Waals surface area contributed by atoms with Crippen LogP contribution in [0.2, 0.25) is 0 Å². The zero-order valence-corrected chi connectivity index (χ0v) is 12.5. The van der Waals surface area contributed by atoms with E-state index in [0.29, 0.717) is 20.7 Å². The van der Waals surface area contributed by atoms with E-state index in [1.165, 1.54) is 20.2 Å². The number of phenolic OH excluding ortho intramolecular Hbond substituents is 1. The number of amides is 2. The number of methoxy groups -OCH3 is 1. The van der Waals surface area contributed by atoms with Gasteiger partial charge < -0.3 is 9.84 Å². The minimum Gasteiger partial charge on any atom is -0.504 e. The van der Waals surface area contributed by atoms with Crippen LogP contribution in [0.15, 0.2) is 21.5 Å². The molecule has 7 heteroatoms. The average molecular weight is 344 g/mol. The lowest BCUT2D eigenvalue weighted by Crippen LogP contribution is -2.22. The number of hydrogen-bond donors (Lipinski definition) is 1. The van der Waals surface area contributed by atoms with Crippen molar-refractivity contribution in [1.82, 2.24) is 4.90 Å². The van der Waals surface area contributed by atoms with Gasteiger partial charge in [0.2, 0.25) is 0 Å². The van der Waals surface area contributed by atoms with Crippen LogP contribution in [0.3, 0.4) is 0 Å². The van der Waals surface area contributed by atoms with Gasteiger partial charge in [-0.05, 0) is 35.5 Å². The highest BCUT2D eigenvalue weighted by Crippen LogP contribution is 2.36. The zero-order valence-electron chi connectivity index (χ0n) is 10.1. The largest absolute Gasteiger partial charge is 0.504 e. The summed E-state index contributed by atoms with van der Waals surface area (Å²) in [6, 6.07) is 3.06. The van der Waals surface area contributed by atoms with E-state index >= 15 is 0 Å². The van der Waals surface area contributed by atoms with E-state index in [9.17, 15) is 14.7 Å². The van der Waals surface area contributed by atoms with Crippen molar-refractivity contribution in [2.24, 2.45) is 0 Å². The molecule has 0 spiro atoms. The molecule has 2 rings (SSSR count). The molecule has 1 aliphatic heterocycles. The zero-order chi connectivity index (χ0) is 14.2. The Morgan fingerprint density at radius 1 is 1.42 bits per heavy atom. The molecule has 1 fully saturated rings. The fourth-order valence-electron chi connectivity index (χ4n) is 1.52. The lowest BCUT2D eigenvalue weighted by Gasteiger charge is -2.07. The molecule has 1 aromatic rings. The summed E-state index contributed by atoms with van der Waals surface area (Å²) in [7, 11) is 2.87. The number of hydrogen-bond acceptors (Lipinski definition) is 5. The summed E-state index contributed by atoms with van der Waals surface area (Å²) < 4.78 is 5.61. The first-order chi connectivity index (χ1) is 8.93. The Labute approximate surface area is 122 Å². The smallest absolute Gasteiger partial charge is 0.293 e. The number of likely N-dealkylation sites (N-methyl/N-ethyl adjacent to an activating group) is 1. The number of thioether (sulfide) groups is 1. The number of benzene rings is 1. The molecule has 19 heavy (non-hydrogen) atoms. The summed E-state index contributed by atoms with van der Waals surface area (Å²) in [6.45, 7) is 0. The fourth-order valence-corrected chi connectivity index (χ4v) is 2.78. The second kappa shape index (κ2) is 5.26. The highest BCUT2D eigenvalue weighted by atomic mass is 79.9. The number of ether oxygens (including phenoxy) is 1. The van der Waals surface area contributed by atoms with Crippen molar-refractivity contribution in [3.63, 3.8) is 0 Å². The molecular formula is C12H10BrNO4S. The van der Waals surface area contributed by atoms with E-state index in [2.05, 4.69) is 15.9 Å². The standard InChI is InChI=1S/C12H10BrNO4S/c1-14-11(16)10(19-12(14)17)4-6-3-9(18-2)8(15)5-7(6)13/h3-5,15H,1-2H3/b10-4-. The van der Waals surface area contributed by atoms with Gasteiger partial charge in [-0.25, -0.2) is 0 Å². The van der Waals surface area contributed by atoms with Gasteiger partial charge in [-0.1, -0.05) is 15.9 Å². The van der Waals surface area contributed by atoms with Gasteiger partial charge >= 0.3 is 0 Å². The Bertz CT molecular complexity index is 600. The molecule has 0 unspecified atom stereocenters. The van der Waals surface area contributed by atoms with Gasteiger partial charge in [-0.15, -0.1) is 0 Å². The lowest BCUT2D eigenvalue weighted by atomic mass is 10.2. The van der Waals surface area contributed by atoms with Crippen LogP contribution in [0.25, 0.3) is 6.08 Å². The first-order valence-electron chi connectivity index (χ1n) is 5.22. The third kappa shape index (κ3) is 2.62. The number of nitrogens with zero attached hydrogens (tertiary/aromatic N) is 1. The Morgan fingerprint density at radius 2 is 2.11 bits per heavy atom. The summed E-state index contributed by atoms with van der Waals surface area (Å²) in [4.78, 5) is 24.6. The molecule has 5 nitrogen and oxygen atoms in total. The summed E-state index contributed by atoms with van der Waals surface area (Å²) in [5.41, 5.74) is 0.647. The van der Waals surface area contributed by atoms with Crippen molar-refractivity contribution in [2.45, 2.75) is 0 Å². The molecule has 0 bridgehead atoms. The molecule has 1 aliphatic rings. The predicted octanol–water partition coefficient (Wildman–Crippen LogP) is 2.83. The van der Waals surface area contributed by atoms with Crippen LogP contribution >= 0.6 is 27.7 Å². The molecule has 1 N–H and O–H groups in total. The van der Waals surface area contributed by atoms with Crippen LogP contribution in [0.1, 0.15) is 5.56 Å². The first-order valence-corrected chi connectivity index (χ1v) is 6.83. The second-order valence-corrected chi connectivity index (χ2v) is 5.63. The highest BCUT2D eigenvalue weighted by Gasteiger charge is 2.31. The van der Waals surface area contributed by atoms with Gasteiger partial charge in [0.25, 0.3) is 11.1 Å². The molecule has 1 heterocycles. The van der Waals surface area contributed by atoms with Gasteiger partial charge in [-0.2, -0.15) is 0 Å². The third-order valence-corrected chi connectivity index (χ3v) is 4.22. The van der Waals surface area contributed by atoms with Crippen molar-refractivity contribution in [1.29, 1.82) is 0 Å². The van der Waals surface area contributed by atoms with Crippen molar-refractivity contribution < 1.29 is 19.4 Å². The minimum atomic E-state index is -0.339. The maximum absolute atomic E-state index is 11.8. The Balaban J connectivity index is 2.44. The van der Waals surface area contributed by atoms with E-state index in [1.54, 1.807) is 12.1 Å². The molecular weight excluding hydrogens is 334 g/mol. The highest BCUT2D eigenvalue weighted by molar-refractivity contribution is 9.10. The lowest BCUT2D eigenvalue weighted by molar-refractivity contribution is -0.121. The minimum absolute atomic E-state index is 0.00452. The fraction of sp³-hybridized carbons (Fsp3) is 0.167. The second-order valence-electron chi connectivity index (χ2n) is 3.79. The topological polar surface area (TPSA) is 66.8 Å². The van der Waals surface area contributed by atoms with E-state index in [4.69, 9.17) is 4.74 Å². The third-order valence-electron chi connectivity index (χ3n) is 2.57. The van der Waals surface area contributed by atoms with Gasteiger partial charge in [0, 0.05) is 11.5 Å². The summed E-state index contributed by atoms with van der Waals surface area (Å²) >= 11 is 4.17. The van der Waals surface area contributed by atoms with Crippen molar-refractivity contribution >= 4 is 44.9 Å². The van der Waals surface area contributed by atoms with E-state index in [1.807, 2.05) is 0 Å². The van der Waals surface area contributed by atoms with Gasteiger partial charge in [-0.3, -0.25) is 14.5 Å². The van der Waals surface area contributed by atoms with Crippen molar-refractivity contribution in [3.8, 4) is 11.5 Å². The summed E-state index contributed by atoms with van der Waals surface area (Å²) in [6.07, 6.45) is 1.58. The van der Waals surface area contributed by atoms with Crippen molar-refractivity contribution in [3.05, 3.63) is 27.1 Å². The van der Waals surface area contributed by atoms with Crippen molar-refractivity contribution in [2.75, 3.05) is 14.2 Å². The number of phenols is 1. The first kappa shape index (κ1) is 14.0. The molecule has 100 valence electrons. The monoisotopic (exact) mass is 343 g/mol. The van der Waals surface area contributed by atoms with Gasteiger partial charge in [0.05, 0.1) is 12.0 Å². The quantitative estimate of drug-likeness (QED) is 0.836. The molecule has 0 atom stereocenters. The Kier molecular flexibility index (Phi) is 3.86. The Morgan fingerprint density at radius 3 is 2.63 bits per heavy atom. The summed E-state index contributed by atoms with van der Waals surface area (Å²) in [5, 5.41) is 9.30. The summed E-state index contributed by atoms with van der Waals surface area (Å²) in [5.74, 6) is -0.0470. The average Bonchev–Trinajstić information content (AvgIpc) is 2.60. The molecule has 1 aromatic carbocycles. The molecule has 0 aromatic heterocycles. The van der Waals surface area contributed by atoms with E-state index < -0.39 is 0 Å². The maximum atomic E-state index is 11.8. The SMILES string of the molecule is COc1cc(/C=C2\SC(=O)N(C)C2=O)c(Br)cc1O. The maximum Gasteiger partial charge on any atom is 0.293 e. The molecule has 0 radical (unpaired) electrons. The van der Waals surface area contributed by atoms with Gasteiger partial charge in [0.15, 0.2) is 11.5 Å². The number of halogens is 1. The number of carbonyl (C=O) groups is 2. The molecule has 0 saturated carbocycles. The number of aromatic hydroxyl groups is 1. The van der Waals surface area contributed by atoms with Gasteiger partial charge in [0.1, 0.15) is 0 Å². The molecule has 1 saturated heterocycles. The van der Waals surface area contributed by atoms with Crippen LogP contribution in [-0.2, 0) is 4.79 Å². The number of rotatable bonds is 2. The van der Waals surface area contributed by atoms with Crippen LogP contribution in [0.4, 0.5) is 4.79 Å².